The number of amides is 1. The molecule has 3 N–H and O–H groups in total. The number of nitrogens with two attached hydrogens (primary N) is 1. The summed E-state index contributed by atoms with van der Waals surface area (Å²) in [6.45, 7) is 1.98. The van der Waals surface area contributed by atoms with E-state index in [0.29, 0.717) is 6.04 Å². The Morgan fingerprint density at radius 3 is 2.13 bits per heavy atom. The number of piperidine rings is 1. The summed E-state index contributed by atoms with van der Waals surface area (Å²) in [4.78, 5) is 14.2. The number of hydrogen-bond acceptors (Lipinski definition) is 3. The number of anilines is 1. The molecule has 2 aromatic carbocycles. The first kappa shape index (κ1) is 15.6. The first-order valence-corrected chi connectivity index (χ1v) is 8.14. The summed E-state index contributed by atoms with van der Waals surface area (Å²) >= 11 is 0. The maximum Gasteiger partial charge on any atom is 0.239 e. The van der Waals surface area contributed by atoms with Gasteiger partial charge in [-0.2, -0.15) is 0 Å². The van der Waals surface area contributed by atoms with Crippen LogP contribution in [0.15, 0.2) is 60.7 Å². The molecule has 1 aliphatic heterocycles. The van der Waals surface area contributed by atoms with Crippen LogP contribution in [-0.4, -0.2) is 25.0 Å². The molecule has 2 aromatic rings. The molecule has 4 heteroatoms. The van der Waals surface area contributed by atoms with Crippen LogP contribution < -0.4 is 16.0 Å². The fraction of sp³-hybridized carbons (Fsp3) is 0.316. The van der Waals surface area contributed by atoms with E-state index in [1.807, 2.05) is 36.4 Å². The maximum atomic E-state index is 11.8. The van der Waals surface area contributed by atoms with Gasteiger partial charge in [-0.25, -0.2) is 0 Å². The number of carbonyl (C=O) groups excluding carboxylic acids is 1. The molecular formula is C19H23N3O. The highest BCUT2D eigenvalue weighted by Gasteiger charge is 2.25. The molecule has 120 valence electrons. The lowest BCUT2D eigenvalue weighted by Gasteiger charge is -2.35. The highest BCUT2D eigenvalue weighted by Crippen LogP contribution is 2.21. The molecule has 1 saturated heterocycles. The Labute approximate surface area is 137 Å². The Balaban J connectivity index is 1.60. The van der Waals surface area contributed by atoms with Crippen molar-refractivity contribution in [3.05, 3.63) is 66.2 Å². The van der Waals surface area contributed by atoms with Gasteiger partial charge in [0.05, 0.1) is 0 Å². The van der Waals surface area contributed by atoms with Crippen molar-refractivity contribution in [1.29, 1.82) is 0 Å². The third-order valence-electron chi connectivity index (χ3n) is 4.44. The minimum atomic E-state index is -0.413. The summed E-state index contributed by atoms with van der Waals surface area (Å²) in [5, 5.41) is 3.44. The first-order valence-electron chi connectivity index (χ1n) is 8.14. The molecule has 0 spiro atoms. The van der Waals surface area contributed by atoms with E-state index < -0.39 is 6.04 Å². The SMILES string of the molecule is NC(=O)[C@H](NC1CCN(c2ccccc2)CC1)c1ccccc1. The van der Waals surface area contributed by atoms with Crippen molar-refractivity contribution in [3.8, 4) is 0 Å². The van der Waals surface area contributed by atoms with Crippen molar-refractivity contribution in [1.82, 2.24) is 5.32 Å². The number of primary amides is 1. The fourth-order valence-corrected chi connectivity index (χ4v) is 3.17. The second-order valence-electron chi connectivity index (χ2n) is 6.01. The molecule has 0 bridgehead atoms. The van der Waals surface area contributed by atoms with Crippen molar-refractivity contribution < 1.29 is 4.79 Å². The van der Waals surface area contributed by atoms with E-state index in [-0.39, 0.29) is 5.91 Å². The number of benzene rings is 2. The van der Waals surface area contributed by atoms with Crippen LogP contribution in [-0.2, 0) is 4.79 Å². The average Bonchev–Trinajstić information content (AvgIpc) is 2.61. The first-order chi connectivity index (χ1) is 11.2. The summed E-state index contributed by atoms with van der Waals surface area (Å²) in [6, 6.07) is 20.1. The molecule has 1 fully saturated rings. The van der Waals surface area contributed by atoms with Crippen LogP contribution in [0.1, 0.15) is 24.4 Å². The minimum absolute atomic E-state index is 0.313. The summed E-state index contributed by atoms with van der Waals surface area (Å²) < 4.78 is 0. The van der Waals surface area contributed by atoms with Crippen molar-refractivity contribution in [2.24, 2.45) is 5.73 Å². The smallest absolute Gasteiger partial charge is 0.239 e. The summed E-state index contributed by atoms with van der Waals surface area (Å²) in [6.07, 6.45) is 2.01. The molecule has 0 unspecified atom stereocenters. The number of nitrogens with zero attached hydrogens (tertiary/aromatic N) is 1. The van der Waals surface area contributed by atoms with E-state index in [1.54, 1.807) is 0 Å². The number of nitrogens with one attached hydrogen (secondary N) is 1. The minimum Gasteiger partial charge on any atom is -0.371 e. The molecule has 1 heterocycles. The van der Waals surface area contributed by atoms with E-state index in [4.69, 9.17) is 5.73 Å². The van der Waals surface area contributed by atoms with Gasteiger partial charge in [0.1, 0.15) is 6.04 Å². The maximum absolute atomic E-state index is 11.8. The van der Waals surface area contributed by atoms with E-state index in [0.717, 1.165) is 31.5 Å². The van der Waals surface area contributed by atoms with Gasteiger partial charge in [-0.1, -0.05) is 48.5 Å². The van der Waals surface area contributed by atoms with E-state index >= 15 is 0 Å². The summed E-state index contributed by atoms with van der Waals surface area (Å²) in [5.41, 5.74) is 7.79. The quantitative estimate of drug-likeness (QED) is 0.892. The third kappa shape index (κ3) is 3.90. The van der Waals surface area contributed by atoms with Crippen molar-refractivity contribution >= 4 is 11.6 Å². The zero-order chi connectivity index (χ0) is 16.1. The highest BCUT2D eigenvalue weighted by molar-refractivity contribution is 5.81. The largest absolute Gasteiger partial charge is 0.371 e. The molecule has 4 nitrogen and oxygen atoms in total. The molecule has 0 aromatic heterocycles. The summed E-state index contributed by atoms with van der Waals surface area (Å²) in [5.74, 6) is -0.318. The van der Waals surface area contributed by atoms with E-state index in [2.05, 4.69) is 34.5 Å². The molecule has 1 atom stereocenters. The van der Waals surface area contributed by atoms with Crippen LogP contribution in [0.2, 0.25) is 0 Å². The Morgan fingerprint density at radius 2 is 1.57 bits per heavy atom. The zero-order valence-electron chi connectivity index (χ0n) is 13.2. The molecule has 3 rings (SSSR count). The topological polar surface area (TPSA) is 58.4 Å². The Morgan fingerprint density at radius 1 is 1.00 bits per heavy atom. The normalized spacial score (nSPS) is 17.0. The van der Waals surface area contributed by atoms with Gasteiger partial charge >= 0.3 is 0 Å². The van der Waals surface area contributed by atoms with Gasteiger partial charge in [-0.05, 0) is 30.5 Å². The fourth-order valence-electron chi connectivity index (χ4n) is 3.17. The van der Waals surface area contributed by atoms with Crippen molar-refractivity contribution in [2.45, 2.75) is 24.9 Å². The second-order valence-corrected chi connectivity index (χ2v) is 6.01. The Bertz CT molecular complexity index is 622. The van der Waals surface area contributed by atoms with Crippen LogP contribution in [0.25, 0.3) is 0 Å². The van der Waals surface area contributed by atoms with Gasteiger partial charge in [0.15, 0.2) is 0 Å². The Hall–Kier alpha value is -2.33. The van der Waals surface area contributed by atoms with Crippen LogP contribution in [0.4, 0.5) is 5.69 Å². The molecule has 0 radical (unpaired) electrons. The van der Waals surface area contributed by atoms with Crippen molar-refractivity contribution in [3.63, 3.8) is 0 Å². The molecular weight excluding hydrogens is 286 g/mol. The lowest BCUT2D eigenvalue weighted by molar-refractivity contribution is -0.120. The zero-order valence-corrected chi connectivity index (χ0v) is 13.2. The number of rotatable bonds is 5. The van der Waals surface area contributed by atoms with Gasteiger partial charge in [-0.3, -0.25) is 10.1 Å². The highest BCUT2D eigenvalue weighted by atomic mass is 16.1. The van der Waals surface area contributed by atoms with Gasteiger partial charge in [-0.15, -0.1) is 0 Å². The molecule has 23 heavy (non-hydrogen) atoms. The predicted molar refractivity (Wildman–Crippen MR) is 93.2 cm³/mol. The molecule has 1 amide bonds. The second kappa shape index (κ2) is 7.29. The van der Waals surface area contributed by atoms with Crippen LogP contribution in [0.3, 0.4) is 0 Å². The van der Waals surface area contributed by atoms with Crippen LogP contribution in [0.5, 0.6) is 0 Å². The van der Waals surface area contributed by atoms with Gasteiger partial charge in [0, 0.05) is 24.8 Å². The Kier molecular flexibility index (Phi) is 4.93. The van der Waals surface area contributed by atoms with E-state index in [9.17, 15) is 4.79 Å². The predicted octanol–water partition coefficient (Wildman–Crippen LogP) is 2.47. The lowest BCUT2D eigenvalue weighted by atomic mass is 10.00. The van der Waals surface area contributed by atoms with Gasteiger partial charge < -0.3 is 10.6 Å². The van der Waals surface area contributed by atoms with Gasteiger partial charge in [0.25, 0.3) is 0 Å². The monoisotopic (exact) mass is 309 g/mol. The number of carbonyl (C=O) groups is 1. The number of para-hydroxylation sites is 1. The molecule has 0 aliphatic carbocycles. The number of hydrogen-bond donors (Lipinski definition) is 2. The third-order valence-corrected chi connectivity index (χ3v) is 4.44. The molecule has 1 aliphatic rings. The van der Waals surface area contributed by atoms with Crippen LogP contribution in [0, 0.1) is 0 Å². The standard InChI is InChI=1S/C19H23N3O/c20-19(23)18(15-7-3-1-4-8-15)21-16-11-13-22(14-12-16)17-9-5-2-6-10-17/h1-10,16,18,21H,11-14H2,(H2,20,23)/t18-/m1/s1. The van der Waals surface area contributed by atoms with Crippen LogP contribution >= 0.6 is 0 Å². The van der Waals surface area contributed by atoms with Gasteiger partial charge in [0.2, 0.25) is 5.91 Å². The average molecular weight is 309 g/mol. The lowest BCUT2D eigenvalue weighted by Crippen LogP contribution is -2.46. The summed E-state index contributed by atoms with van der Waals surface area (Å²) in [7, 11) is 0. The van der Waals surface area contributed by atoms with E-state index in [1.165, 1.54) is 5.69 Å². The van der Waals surface area contributed by atoms with Crippen molar-refractivity contribution in [2.75, 3.05) is 18.0 Å². The molecule has 0 saturated carbocycles.